The molecule has 2 aromatic rings. The van der Waals surface area contributed by atoms with E-state index in [1.807, 2.05) is 32.9 Å². The van der Waals surface area contributed by atoms with Crippen molar-refractivity contribution < 1.29 is 28.9 Å². The van der Waals surface area contributed by atoms with E-state index in [1.54, 1.807) is 24.3 Å². The largest absolute Gasteiger partial charge is 0.507 e. The highest BCUT2D eigenvalue weighted by Crippen LogP contribution is 2.45. The lowest BCUT2D eigenvalue weighted by Gasteiger charge is -2.29. The molecule has 0 aromatic heterocycles. The summed E-state index contributed by atoms with van der Waals surface area (Å²) in [5.41, 5.74) is 2.09. The van der Waals surface area contributed by atoms with Crippen LogP contribution in [0.4, 0.5) is 0 Å². The standard InChI is InChI=1S/C27H34N2O6/c1-7-28(8-2)13-14-29-23(19-15-20(33-4)26(35-6)21(16-19)34-5)22(25(31)27(29)32)24(30)18-11-9-17(3)10-12-18/h9-12,15-16,23,30H,7-8,13-14H2,1-6H3/t23-/m1/s1. The van der Waals surface area contributed by atoms with Crippen molar-refractivity contribution in [3.05, 3.63) is 58.7 Å². The number of hydrogen-bond donors (Lipinski definition) is 1. The number of ether oxygens (including phenoxy) is 3. The van der Waals surface area contributed by atoms with E-state index >= 15 is 0 Å². The van der Waals surface area contributed by atoms with Crippen LogP contribution < -0.4 is 14.2 Å². The zero-order chi connectivity index (χ0) is 25.7. The number of aliphatic hydroxyl groups excluding tert-OH is 1. The molecule has 3 rings (SSSR count). The normalized spacial score (nSPS) is 17.2. The summed E-state index contributed by atoms with van der Waals surface area (Å²) in [6.07, 6.45) is 0. The number of likely N-dealkylation sites (N-methyl/N-ethyl adjacent to an activating group) is 1. The topological polar surface area (TPSA) is 88.5 Å². The molecule has 0 bridgehead atoms. The highest BCUT2D eigenvalue weighted by atomic mass is 16.5. The Morgan fingerprint density at radius 1 is 0.971 bits per heavy atom. The molecule has 0 unspecified atom stereocenters. The average Bonchev–Trinajstić information content (AvgIpc) is 3.13. The Balaban J connectivity index is 2.21. The maximum atomic E-state index is 13.3. The van der Waals surface area contributed by atoms with Gasteiger partial charge in [-0.2, -0.15) is 0 Å². The number of carbonyl (C=O) groups excluding carboxylic acids is 2. The zero-order valence-electron chi connectivity index (χ0n) is 21.3. The van der Waals surface area contributed by atoms with Crippen molar-refractivity contribution in [1.82, 2.24) is 9.80 Å². The van der Waals surface area contributed by atoms with Crippen molar-refractivity contribution in [1.29, 1.82) is 0 Å². The van der Waals surface area contributed by atoms with Gasteiger partial charge in [0.05, 0.1) is 32.9 Å². The Hall–Kier alpha value is -3.52. The van der Waals surface area contributed by atoms with Crippen LogP contribution in [0.2, 0.25) is 0 Å². The molecule has 0 spiro atoms. The summed E-state index contributed by atoms with van der Waals surface area (Å²) in [6.45, 7) is 8.57. The number of carbonyl (C=O) groups is 2. The molecular formula is C27H34N2O6. The number of Topliss-reactive ketones (excluding diaryl/α,β-unsaturated/α-hetero) is 1. The first-order valence-electron chi connectivity index (χ1n) is 11.7. The molecular weight excluding hydrogens is 448 g/mol. The minimum Gasteiger partial charge on any atom is -0.507 e. The van der Waals surface area contributed by atoms with Gasteiger partial charge in [0.25, 0.3) is 11.7 Å². The second-order valence-corrected chi connectivity index (χ2v) is 8.34. The number of ketones is 1. The summed E-state index contributed by atoms with van der Waals surface area (Å²) in [7, 11) is 4.52. The lowest BCUT2D eigenvalue weighted by Crippen LogP contribution is -2.38. The molecule has 0 saturated carbocycles. The second-order valence-electron chi connectivity index (χ2n) is 8.34. The summed E-state index contributed by atoms with van der Waals surface area (Å²) in [5, 5.41) is 11.3. The van der Waals surface area contributed by atoms with E-state index in [-0.39, 0.29) is 11.3 Å². The third-order valence-electron chi connectivity index (χ3n) is 6.42. The molecule has 1 aliphatic heterocycles. The van der Waals surface area contributed by atoms with Crippen molar-refractivity contribution in [2.45, 2.75) is 26.8 Å². The van der Waals surface area contributed by atoms with Gasteiger partial charge in [-0.15, -0.1) is 0 Å². The third kappa shape index (κ3) is 5.12. The first-order valence-corrected chi connectivity index (χ1v) is 11.7. The van der Waals surface area contributed by atoms with Gasteiger partial charge in [0.15, 0.2) is 11.5 Å². The quantitative estimate of drug-likeness (QED) is 0.313. The van der Waals surface area contributed by atoms with Crippen molar-refractivity contribution in [3.8, 4) is 17.2 Å². The summed E-state index contributed by atoms with van der Waals surface area (Å²) in [6, 6.07) is 9.77. The molecule has 1 atom stereocenters. The minimum atomic E-state index is -0.819. The van der Waals surface area contributed by atoms with Crippen LogP contribution >= 0.6 is 0 Å². The number of nitrogens with zero attached hydrogens (tertiary/aromatic N) is 2. The number of rotatable bonds is 10. The lowest BCUT2D eigenvalue weighted by molar-refractivity contribution is -0.140. The summed E-state index contributed by atoms with van der Waals surface area (Å²) < 4.78 is 16.5. The van der Waals surface area contributed by atoms with Crippen LogP contribution in [-0.2, 0) is 9.59 Å². The molecule has 2 aromatic carbocycles. The van der Waals surface area contributed by atoms with Crippen LogP contribution in [0.3, 0.4) is 0 Å². The van der Waals surface area contributed by atoms with Crippen LogP contribution in [0, 0.1) is 6.92 Å². The van der Waals surface area contributed by atoms with Gasteiger partial charge in [0, 0.05) is 18.7 Å². The SMILES string of the molecule is CCN(CC)CCN1C(=O)C(=O)C(=C(O)c2ccc(C)cc2)[C@H]1c1cc(OC)c(OC)c(OC)c1. The first kappa shape index (κ1) is 26.1. The van der Waals surface area contributed by atoms with Crippen LogP contribution in [0.5, 0.6) is 17.2 Å². The fourth-order valence-electron chi connectivity index (χ4n) is 4.37. The van der Waals surface area contributed by atoms with E-state index < -0.39 is 17.7 Å². The van der Waals surface area contributed by atoms with Crippen molar-refractivity contribution >= 4 is 17.4 Å². The van der Waals surface area contributed by atoms with Gasteiger partial charge in [-0.3, -0.25) is 9.59 Å². The number of methoxy groups -OCH3 is 3. The molecule has 1 aliphatic rings. The average molecular weight is 483 g/mol. The van der Waals surface area contributed by atoms with Crippen LogP contribution in [-0.4, -0.2) is 74.1 Å². The van der Waals surface area contributed by atoms with E-state index in [1.165, 1.54) is 26.2 Å². The monoisotopic (exact) mass is 482 g/mol. The van der Waals surface area contributed by atoms with Gasteiger partial charge < -0.3 is 29.1 Å². The van der Waals surface area contributed by atoms with Gasteiger partial charge in [0.1, 0.15) is 5.76 Å². The summed E-state index contributed by atoms with van der Waals surface area (Å²) in [4.78, 5) is 30.2. The van der Waals surface area contributed by atoms with Crippen molar-refractivity contribution in [3.63, 3.8) is 0 Å². The predicted molar refractivity (Wildman–Crippen MR) is 134 cm³/mol. The number of amides is 1. The summed E-state index contributed by atoms with van der Waals surface area (Å²) >= 11 is 0. The highest BCUT2D eigenvalue weighted by molar-refractivity contribution is 6.46. The van der Waals surface area contributed by atoms with E-state index in [0.29, 0.717) is 41.5 Å². The molecule has 1 N–H and O–H groups in total. The maximum Gasteiger partial charge on any atom is 0.295 e. The Morgan fingerprint density at radius 3 is 2.03 bits per heavy atom. The number of hydrogen-bond acceptors (Lipinski definition) is 7. The van der Waals surface area contributed by atoms with Crippen LogP contribution in [0.15, 0.2) is 42.0 Å². The maximum absolute atomic E-state index is 13.3. The Labute approximate surface area is 206 Å². The van der Waals surface area contributed by atoms with Crippen molar-refractivity contribution in [2.24, 2.45) is 0 Å². The van der Waals surface area contributed by atoms with E-state index in [4.69, 9.17) is 14.2 Å². The third-order valence-corrected chi connectivity index (χ3v) is 6.42. The fraction of sp³-hybridized carbons (Fsp3) is 0.407. The molecule has 8 nitrogen and oxygen atoms in total. The first-order chi connectivity index (χ1) is 16.8. The summed E-state index contributed by atoms with van der Waals surface area (Å²) in [5.74, 6) is -0.395. The molecule has 0 radical (unpaired) electrons. The minimum absolute atomic E-state index is 0.0349. The molecule has 1 amide bonds. The molecule has 35 heavy (non-hydrogen) atoms. The fourth-order valence-corrected chi connectivity index (χ4v) is 4.37. The Bertz CT molecular complexity index is 1080. The van der Waals surface area contributed by atoms with Gasteiger partial charge >= 0.3 is 0 Å². The molecule has 1 fully saturated rings. The highest BCUT2D eigenvalue weighted by Gasteiger charge is 2.46. The predicted octanol–water partition coefficient (Wildman–Crippen LogP) is 3.78. The zero-order valence-corrected chi connectivity index (χ0v) is 21.3. The van der Waals surface area contributed by atoms with Crippen LogP contribution in [0.25, 0.3) is 5.76 Å². The van der Waals surface area contributed by atoms with Gasteiger partial charge in [0.2, 0.25) is 5.75 Å². The Morgan fingerprint density at radius 2 is 1.54 bits per heavy atom. The van der Waals surface area contributed by atoms with Gasteiger partial charge in [-0.1, -0.05) is 43.7 Å². The second kappa shape index (κ2) is 11.3. The van der Waals surface area contributed by atoms with Gasteiger partial charge in [-0.25, -0.2) is 0 Å². The van der Waals surface area contributed by atoms with E-state index in [2.05, 4.69) is 4.90 Å². The number of aryl methyl sites for hydroxylation is 1. The smallest absolute Gasteiger partial charge is 0.295 e. The van der Waals surface area contributed by atoms with Crippen LogP contribution in [0.1, 0.15) is 36.6 Å². The number of likely N-dealkylation sites (tertiary alicyclic amines) is 1. The van der Waals surface area contributed by atoms with E-state index in [0.717, 1.165) is 18.7 Å². The van der Waals surface area contributed by atoms with Crippen molar-refractivity contribution in [2.75, 3.05) is 47.5 Å². The number of benzene rings is 2. The molecule has 1 saturated heterocycles. The Kier molecular flexibility index (Phi) is 8.40. The number of aliphatic hydroxyl groups is 1. The molecule has 1 heterocycles. The molecule has 8 heteroatoms. The van der Waals surface area contributed by atoms with Gasteiger partial charge in [-0.05, 0) is 37.7 Å². The lowest BCUT2D eigenvalue weighted by atomic mass is 9.94. The molecule has 0 aliphatic carbocycles. The molecule has 188 valence electrons. The van der Waals surface area contributed by atoms with E-state index in [9.17, 15) is 14.7 Å².